The molecule has 152 valence electrons. The summed E-state index contributed by atoms with van der Waals surface area (Å²) >= 11 is 24.8. The van der Waals surface area contributed by atoms with Crippen LogP contribution in [0.2, 0.25) is 20.1 Å². The molecule has 0 spiro atoms. The molecule has 3 rings (SSSR count). The smallest absolute Gasteiger partial charge is 0.283 e. The lowest BCUT2D eigenvalue weighted by molar-refractivity contribution is 0.455. The molecule has 0 aromatic heterocycles. The van der Waals surface area contributed by atoms with Gasteiger partial charge in [0.2, 0.25) is 0 Å². The van der Waals surface area contributed by atoms with E-state index in [9.17, 15) is 23.2 Å². The second kappa shape index (κ2) is 7.87. The molecule has 3 N–H and O–H groups in total. The lowest BCUT2D eigenvalue weighted by Crippen LogP contribution is -2.39. The summed E-state index contributed by atoms with van der Waals surface area (Å²) in [5.41, 5.74) is -0.530. The van der Waals surface area contributed by atoms with Crippen LogP contribution in [-0.2, 0) is 14.9 Å². The first-order valence-electron chi connectivity index (χ1n) is 7.89. The second-order valence-corrected chi connectivity index (χ2v) is 9.34. The molecular formula is C19H12Cl4O5S. The third-order valence-corrected chi connectivity index (χ3v) is 6.91. The Morgan fingerprint density at radius 1 is 0.793 bits per heavy atom. The van der Waals surface area contributed by atoms with Crippen molar-refractivity contribution in [1.29, 1.82) is 0 Å². The van der Waals surface area contributed by atoms with Crippen LogP contribution in [0.1, 0.15) is 16.7 Å². The third kappa shape index (κ3) is 3.77. The Morgan fingerprint density at radius 2 is 1.41 bits per heavy atom. The molecule has 0 aliphatic heterocycles. The van der Waals surface area contributed by atoms with Crippen LogP contribution in [0.5, 0.6) is 11.5 Å². The van der Waals surface area contributed by atoms with Gasteiger partial charge in [0.15, 0.2) is 4.75 Å². The zero-order valence-electron chi connectivity index (χ0n) is 14.3. The lowest BCUT2D eigenvalue weighted by Gasteiger charge is -2.34. The van der Waals surface area contributed by atoms with E-state index in [-0.39, 0.29) is 37.5 Å². The summed E-state index contributed by atoms with van der Waals surface area (Å²) in [6, 6.07) is 11.5. The monoisotopic (exact) mass is 492 g/mol. The van der Waals surface area contributed by atoms with Crippen molar-refractivity contribution in [2.24, 2.45) is 0 Å². The first-order valence-corrected chi connectivity index (χ1v) is 10.8. The maximum atomic E-state index is 13.0. The maximum Gasteiger partial charge on any atom is 0.283 e. The number of halogens is 4. The summed E-state index contributed by atoms with van der Waals surface area (Å²) < 4.78 is 34.0. The van der Waals surface area contributed by atoms with Crippen molar-refractivity contribution in [3.05, 3.63) is 91.4 Å². The molecule has 5 nitrogen and oxygen atoms in total. The van der Waals surface area contributed by atoms with Gasteiger partial charge in [0, 0.05) is 20.6 Å². The van der Waals surface area contributed by atoms with Gasteiger partial charge in [-0.2, -0.15) is 8.42 Å². The minimum Gasteiger partial charge on any atom is -0.508 e. The molecule has 1 atom stereocenters. The zero-order chi connectivity index (χ0) is 21.6. The van der Waals surface area contributed by atoms with Gasteiger partial charge in [0.1, 0.15) is 11.5 Å². The average molecular weight is 494 g/mol. The number of phenols is 2. The molecule has 3 aromatic rings. The molecule has 3 aromatic carbocycles. The topological polar surface area (TPSA) is 94.8 Å². The average Bonchev–Trinajstić information content (AvgIpc) is 2.60. The van der Waals surface area contributed by atoms with Crippen molar-refractivity contribution in [2.45, 2.75) is 4.75 Å². The quantitative estimate of drug-likeness (QED) is 0.311. The van der Waals surface area contributed by atoms with E-state index in [1.807, 2.05) is 0 Å². The molecular weight excluding hydrogens is 482 g/mol. The van der Waals surface area contributed by atoms with E-state index in [2.05, 4.69) is 0 Å². The molecule has 0 aliphatic rings. The third-order valence-electron chi connectivity index (χ3n) is 4.33. The number of hydrogen-bond acceptors (Lipinski definition) is 4. The fraction of sp³-hybridized carbons (Fsp3) is 0.0526. The van der Waals surface area contributed by atoms with Crippen molar-refractivity contribution in [2.75, 3.05) is 0 Å². The molecule has 29 heavy (non-hydrogen) atoms. The van der Waals surface area contributed by atoms with Crippen LogP contribution in [0, 0.1) is 0 Å². The predicted molar refractivity (Wildman–Crippen MR) is 114 cm³/mol. The number of hydrogen-bond donors (Lipinski definition) is 3. The Morgan fingerprint density at radius 3 is 1.97 bits per heavy atom. The highest BCUT2D eigenvalue weighted by Gasteiger charge is 2.51. The molecule has 0 radical (unpaired) electrons. The molecule has 10 heteroatoms. The molecule has 0 fully saturated rings. The number of benzene rings is 3. The molecule has 0 amide bonds. The van der Waals surface area contributed by atoms with Crippen molar-refractivity contribution in [3.8, 4) is 11.5 Å². The first kappa shape index (κ1) is 22.0. The van der Waals surface area contributed by atoms with Crippen LogP contribution in [0.25, 0.3) is 0 Å². The van der Waals surface area contributed by atoms with E-state index in [0.717, 1.165) is 6.07 Å². The first-order chi connectivity index (χ1) is 13.5. The van der Waals surface area contributed by atoms with Crippen LogP contribution in [-0.4, -0.2) is 23.2 Å². The van der Waals surface area contributed by atoms with Crippen molar-refractivity contribution in [3.63, 3.8) is 0 Å². The molecule has 0 bridgehead atoms. The maximum absolute atomic E-state index is 13.0. The SMILES string of the molecule is O=S(=O)(O)C(c1cccc(O)c1)(c1cc(Cl)cc(Cl)c1)c1c(Cl)ccc(O)c1Cl. The van der Waals surface area contributed by atoms with Crippen molar-refractivity contribution >= 4 is 56.5 Å². The summed E-state index contributed by atoms with van der Waals surface area (Å²) in [5.74, 6) is -0.747. The van der Waals surface area contributed by atoms with Gasteiger partial charge >= 0.3 is 0 Å². The van der Waals surface area contributed by atoms with Gasteiger partial charge in [-0.1, -0.05) is 58.5 Å². The van der Waals surface area contributed by atoms with Gasteiger partial charge in [-0.15, -0.1) is 0 Å². The fourth-order valence-corrected chi connectivity index (χ4v) is 5.83. The number of aromatic hydroxyl groups is 2. The van der Waals surface area contributed by atoms with Gasteiger partial charge in [-0.3, -0.25) is 4.55 Å². The summed E-state index contributed by atoms with van der Waals surface area (Å²) in [4.78, 5) is 0. The summed E-state index contributed by atoms with van der Waals surface area (Å²) in [6.45, 7) is 0. The van der Waals surface area contributed by atoms with E-state index < -0.39 is 25.6 Å². The Balaban J connectivity index is 2.65. The number of rotatable bonds is 4. The minimum atomic E-state index is -5.11. The second-order valence-electron chi connectivity index (χ2n) is 6.12. The van der Waals surface area contributed by atoms with Crippen LogP contribution in [0.4, 0.5) is 0 Å². The highest BCUT2D eigenvalue weighted by molar-refractivity contribution is 7.87. The highest BCUT2D eigenvalue weighted by atomic mass is 35.5. The largest absolute Gasteiger partial charge is 0.508 e. The number of phenolic OH excluding ortho intramolecular Hbond substituents is 2. The van der Waals surface area contributed by atoms with E-state index in [4.69, 9.17) is 46.4 Å². The molecule has 0 aliphatic carbocycles. The standard InChI is InChI=1S/C19H12Cl4O5S/c20-12-6-11(7-13(21)9-12)19(29(26,27)28,10-2-1-3-14(24)8-10)17-15(22)4-5-16(25)18(17)23/h1-9,24-25H,(H,26,27,28). The van der Waals surface area contributed by atoms with Gasteiger partial charge in [-0.05, 0) is 53.6 Å². The Kier molecular flexibility index (Phi) is 5.98. The van der Waals surface area contributed by atoms with Gasteiger partial charge < -0.3 is 10.2 Å². The van der Waals surface area contributed by atoms with Crippen molar-refractivity contribution in [1.82, 2.24) is 0 Å². The van der Waals surface area contributed by atoms with E-state index in [0.29, 0.717) is 0 Å². The molecule has 0 saturated heterocycles. The Bertz CT molecular complexity index is 1190. The lowest BCUT2D eigenvalue weighted by atomic mass is 9.83. The molecule has 0 saturated carbocycles. The van der Waals surface area contributed by atoms with Crippen molar-refractivity contribution < 1.29 is 23.2 Å². The van der Waals surface area contributed by atoms with E-state index in [1.54, 1.807) is 0 Å². The van der Waals surface area contributed by atoms with E-state index in [1.165, 1.54) is 48.5 Å². The van der Waals surface area contributed by atoms with Crippen LogP contribution in [0.15, 0.2) is 54.6 Å². The summed E-state index contributed by atoms with van der Waals surface area (Å²) in [7, 11) is -5.11. The normalized spacial score (nSPS) is 13.8. The van der Waals surface area contributed by atoms with Gasteiger partial charge in [0.05, 0.1) is 5.02 Å². The Labute approximate surface area is 186 Å². The van der Waals surface area contributed by atoms with Gasteiger partial charge in [-0.25, -0.2) is 0 Å². The molecule has 0 heterocycles. The molecule has 1 unspecified atom stereocenters. The fourth-order valence-electron chi connectivity index (χ4n) is 3.23. The van der Waals surface area contributed by atoms with Gasteiger partial charge in [0.25, 0.3) is 10.1 Å². The minimum absolute atomic E-state index is 0.0769. The van der Waals surface area contributed by atoms with Crippen LogP contribution < -0.4 is 0 Å². The van der Waals surface area contributed by atoms with Crippen LogP contribution >= 0.6 is 46.4 Å². The summed E-state index contributed by atoms with van der Waals surface area (Å²) in [5, 5.41) is 19.7. The van der Waals surface area contributed by atoms with E-state index >= 15 is 0 Å². The zero-order valence-corrected chi connectivity index (χ0v) is 18.1. The predicted octanol–water partition coefficient (Wildman–Crippen LogP) is 5.89. The Hall–Kier alpha value is -1.67. The highest BCUT2D eigenvalue weighted by Crippen LogP contribution is 2.52. The summed E-state index contributed by atoms with van der Waals surface area (Å²) in [6.07, 6.45) is 0. The van der Waals surface area contributed by atoms with Crippen LogP contribution in [0.3, 0.4) is 0 Å².